The molecule has 2 aromatic heterocycles. The van der Waals surface area contributed by atoms with Crippen LogP contribution in [0.15, 0.2) is 54.6 Å². The average molecular weight is 359 g/mol. The summed E-state index contributed by atoms with van der Waals surface area (Å²) >= 11 is 0. The molecule has 0 fully saturated rings. The van der Waals surface area contributed by atoms with Crippen LogP contribution in [0.1, 0.15) is 17.0 Å². The molecular formula is C21H21N5O. The number of para-hydroxylation sites is 1. The first kappa shape index (κ1) is 17.0. The van der Waals surface area contributed by atoms with Crippen LogP contribution in [0.25, 0.3) is 16.6 Å². The number of ether oxygens (including phenoxy) is 1. The zero-order valence-electron chi connectivity index (χ0n) is 15.6. The van der Waals surface area contributed by atoms with Gasteiger partial charge >= 0.3 is 0 Å². The number of anilines is 1. The summed E-state index contributed by atoms with van der Waals surface area (Å²) in [5.41, 5.74) is 3.05. The molecule has 4 aromatic rings. The fourth-order valence-corrected chi connectivity index (χ4v) is 3.25. The van der Waals surface area contributed by atoms with Crippen LogP contribution in [0.3, 0.4) is 0 Å². The predicted molar refractivity (Wildman–Crippen MR) is 106 cm³/mol. The van der Waals surface area contributed by atoms with Gasteiger partial charge < -0.3 is 10.1 Å². The molecule has 6 nitrogen and oxygen atoms in total. The molecule has 1 N–H and O–H groups in total. The van der Waals surface area contributed by atoms with Crippen LogP contribution in [-0.2, 0) is 6.54 Å². The Morgan fingerprint density at radius 2 is 1.70 bits per heavy atom. The number of rotatable bonds is 5. The maximum atomic E-state index is 5.43. The molecule has 0 aliphatic heterocycles. The first-order valence-corrected chi connectivity index (χ1v) is 8.82. The van der Waals surface area contributed by atoms with Crippen molar-refractivity contribution in [3.05, 3.63) is 71.5 Å². The van der Waals surface area contributed by atoms with E-state index in [2.05, 4.69) is 20.6 Å². The highest BCUT2D eigenvalue weighted by Crippen LogP contribution is 2.27. The minimum Gasteiger partial charge on any atom is -0.496 e. The minimum atomic E-state index is 0.599. The average Bonchev–Trinajstić information content (AvgIpc) is 3.04. The van der Waals surface area contributed by atoms with Crippen LogP contribution in [0, 0.1) is 13.8 Å². The van der Waals surface area contributed by atoms with Gasteiger partial charge in [0.05, 0.1) is 12.8 Å². The Morgan fingerprint density at radius 3 is 2.44 bits per heavy atom. The molecule has 0 radical (unpaired) electrons. The first-order chi connectivity index (χ1) is 13.2. The third kappa shape index (κ3) is 3.21. The van der Waals surface area contributed by atoms with Gasteiger partial charge in [0.1, 0.15) is 5.75 Å². The molecular weight excluding hydrogens is 338 g/mol. The summed E-state index contributed by atoms with van der Waals surface area (Å²) < 4.78 is 7.27. The Morgan fingerprint density at radius 1 is 0.963 bits per heavy atom. The molecule has 4 rings (SSSR count). The molecule has 0 aliphatic rings. The van der Waals surface area contributed by atoms with Crippen LogP contribution < -0.4 is 10.1 Å². The summed E-state index contributed by atoms with van der Waals surface area (Å²) in [7, 11) is 1.68. The lowest BCUT2D eigenvalue weighted by Crippen LogP contribution is -2.09. The molecule has 0 amide bonds. The van der Waals surface area contributed by atoms with Crippen LogP contribution in [0.5, 0.6) is 5.75 Å². The van der Waals surface area contributed by atoms with Crippen molar-refractivity contribution >= 4 is 16.6 Å². The lowest BCUT2D eigenvalue weighted by molar-refractivity contribution is 0.410. The Bertz CT molecular complexity index is 1100. The molecule has 0 unspecified atom stereocenters. The highest BCUT2D eigenvalue weighted by molar-refractivity contribution is 5.95. The zero-order valence-corrected chi connectivity index (χ0v) is 15.6. The van der Waals surface area contributed by atoms with Gasteiger partial charge in [-0.2, -0.15) is 5.10 Å². The monoisotopic (exact) mass is 359 g/mol. The smallest absolute Gasteiger partial charge is 0.183 e. The van der Waals surface area contributed by atoms with Gasteiger partial charge in [-0.15, -0.1) is 10.2 Å². The number of nitrogens with zero attached hydrogens (tertiary/aromatic N) is 4. The molecule has 0 bridgehead atoms. The summed E-state index contributed by atoms with van der Waals surface area (Å²) in [6, 6.07) is 18.1. The van der Waals surface area contributed by atoms with Crippen molar-refractivity contribution < 1.29 is 4.74 Å². The van der Waals surface area contributed by atoms with E-state index in [1.165, 1.54) is 0 Å². The van der Waals surface area contributed by atoms with E-state index in [9.17, 15) is 0 Å². The quantitative estimate of drug-likeness (QED) is 0.582. The van der Waals surface area contributed by atoms with E-state index in [1.54, 1.807) is 7.11 Å². The van der Waals surface area contributed by atoms with E-state index in [0.717, 1.165) is 45.1 Å². The van der Waals surface area contributed by atoms with Crippen molar-refractivity contribution in [3.63, 3.8) is 0 Å². The van der Waals surface area contributed by atoms with Crippen LogP contribution in [0.4, 0.5) is 5.82 Å². The fraction of sp³-hybridized carbons (Fsp3) is 0.190. The van der Waals surface area contributed by atoms with Crippen LogP contribution >= 0.6 is 0 Å². The third-order valence-electron chi connectivity index (χ3n) is 4.52. The summed E-state index contributed by atoms with van der Waals surface area (Å²) in [4.78, 5) is 0. The topological polar surface area (TPSA) is 64.9 Å². The Kier molecular flexibility index (Phi) is 4.46. The van der Waals surface area contributed by atoms with Crippen molar-refractivity contribution in [2.45, 2.75) is 20.4 Å². The molecule has 0 saturated carbocycles. The summed E-state index contributed by atoms with van der Waals surface area (Å²) in [5.74, 6) is 2.32. The van der Waals surface area contributed by atoms with Gasteiger partial charge in [-0.3, -0.25) is 0 Å². The lowest BCUT2D eigenvalue weighted by Gasteiger charge is -2.13. The lowest BCUT2D eigenvalue weighted by atomic mass is 10.1. The molecule has 0 atom stereocenters. The second-order valence-electron chi connectivity index (χ2n) is 6.42. The summed E-state index contributed by atoms with van der Waals surface area (Å²) in [5, 5.41) is 18.9. The zero-order chi connectivity index (χ0) is 18.8. The fourth-order valence-electron chi connectivity index (χ4n) is 3.25. The van der Waals surface area contributed by atoms with Crippen molar-refractivity contribution in [2.24, 2.45) is 0 Å². The molecule has 136 valence electrons. The van der Waals surface area contributed by atoms with Crippen molar-refractivity contribution in [1.82, 2.24) is 20.0 Å². The third-order valence-corrected chi connectivity index (χ3v) is 4.52. The predicted octanol–water partition coefficient (Wildman–Crippen LogP) is 4.05. The Balaban J connectivity index is 1.73. The summed E-state index contributed by atoms with van der Waals surface area (Å²) in [6.45, 7) is 4.59. The van der Waals surface area contributed by atoms with Crippen molar-refractivity contribution in [2.75, 3.05) is 12.4 Å². The van der Waals surface area contributed by atoms with E-state index >= 15 is 0 Å². The molecule has 0 spiro atoms. The van der Waals surface area contributed by atoms with Crippen molar-refractivity contribution in [1.29, 1.82) is 0 Å². The van der Waals surface area contributed by atoms with E-state index in [-0.39, 0.29) is 0 Å². The normalized spacial score (nSPS) is 10.9. The maximum absolute atomic E-state index is 5.43. The van der Waals surface area contributed by atoms with Gasteiger partial charge in [-0.25, -0.2) is 4.68 Å². The van der Waals surface area contributed by atoms with E-state index in [1.807, 2.05) is 73.1 Å². The number of aryl methyl sites for hydroxylation is 2. The van der Waals surface area contributed by atoms with E-state index in [0.29, 0.717) is 6.54 Å². The van der Waals surface area contributed by atoms with Gasteiger partial charge in [0.25, 0.3) is 0 Å². The number of fused-ring (bicyclic) bond motifs is 1. The standard InChI is InChI=1S/C21H21N5O/c1-14-12-15(2)26(25-14)21-18-10-6-5-9-17(18)20(23-24-21)22-13-16-8-4-7-11-19(16)27-3/h4-12H,13H2,1-3H3,(H,22,23). The molecule has 2 aromatic carbocycles. The number of methoxy groups -OCH3 is 1. The molecule has 0 saturated heterocycles. The number of nitrogens with one attached hydrogen (secondary N) is 1. The van der Waals surface area contributed by atoms with Gasteiger partial charge in [0.2, 0.25) is 0 Å². The molecule has 0 aliphatic carbocycles. The van der Waals surface area contributed by atoms with Gasteiger partial charge in [-0.05, 0) is 26.0 Å². The number of aromatic nitrogens is 4. The first-order valence-electron chi connectivity index (χ1n) is 8.82. The van der Waals surface area contributed by atoms with Crippen LogP contribution in [0.2, 0.25) is 0 Å². The van der Waals surface area contributed by atoms with Gasteiger partial charge in [-0.1, -0.05) is 42.5 Å². The van der Waals surface area contributed by atoms with Crippen molar-refractivity contribution in [3.8, 4) is 11.6 Å². The number of hydrogen-bond acceptors (Lipinski definition) is 5. The number of benzene rings is 2. The highest BCUT2D eigenvalue weighted by Gasteiger charge is 2.13. The number of hydrogen-bond donors (Lipinski definition) is 1. The van der Waals surface area contributed by atoms with Gasteiger partial charge in [0.15, 0.2) is 11.6 Å². The second kappa shape index (κ2) is 7.07. The Hall–Kier alpha value is -3.41. The molecule has 2 heterocycles. The Labute approximate surface area is 157 Å². The molecule has 6 heteroatoms. The largest absolute Gasteiger partial charge is 0.496 e. The minimum absolute atomic E-state index is 0.599. The van der Waals surface area contributed by atoms with Gasteiger partial charge in [0, 0.05) is 28.6 Å². The second-order valence-corrected chi connectivity index (χ2v) is 6.42. The van der Waals surface area contributed by atoms with E-state index in [4.69, 9.17) is 4.74 Å². The SMILES string of the molecule is COc1ccccc1CNc1nnc(-n2nc(C)cc2C)c2ccccc12. The van der Waals surface area contributed by atoms with Crippen LogP contribution in [-0.4, -0.2) is 27.1 Å². The highest BCUT2D eigenvalue weighted by atomic mass is 16.5. The summed E-state index contributed by atoms with van der Waals surface area (Å²) in [6.07, 6.45) is 0. The van der Waals surface area contributed by atoms with E-state index < -0.39 is 0 Å². The maximum Gasteiger partial charge on any atom is 0.183 e. The molecule has 27 heavy (non-hydrogen) atoms.